The molecular weight excluding hydrogens is 418 g/mol. The molecule has 1 aliphatic rings. The predicted molar refractivity (Wildman–Crippen MR) is 127 cm³/mol. The van der Waals surface area contributed by atoms with Crippen molar-refractivity contribution in [2.75, 3.05) is 11.9 Å². The average molecular weight is 448 g/mol. The van der Waals surface area contributed by atoms with Crippen LogP contribution in [0.4, 0.5) is 5.69 Å². The Balaban J connectivity index is 1.34. The van der Waals surface area contributed by atoms with Crippen molar-refractivity contribution in [1.82, 2.24) is 10.3 Å². The number of H-pyrrole nitrogens is 1. The number of carbonyl (C=O) groups is 3. The molecule has 2 aromatic carbocycles. The average Bonchev–Trinajstić information content (AvgIpc) is 3.17. The van der Waals surface area contributed by atoms with Crippen LogP contribution < -0.4 is 10.6 Å². The number of aromatic amines is 1. The van der Waals surface area contributed by atoms with E-state index in [0.29, 0.717) is 5.56 Å². The van der Waals surface area contributed by atoms with E-state index in [1.165, 1.54) is 24.6 Å². The number of carbonyl (C=O) groups excluding carboxylic acids is 3. The Morgan fingerprint density at radius 2 is 1.79 bits per heavy atom. The Morgan fingerprint density at radius 3 is 2.55 bits per heavy atom. The maximum atomic E-state index is 12.7. The van der Waals surface area contributed by atoms with Gasteiger partial charge in [-0.15, -0.1) is 0 Å². The largest absolute Gasteiger partial charge is 0.449 e. The molecule has 1 aliphatic carbocycles. The van der Waals surface area contributed by atoms with Crippen molar-refractivity contribution in [2.24, 2.45) is 0 Å². The first-order valence-electron chi connectivity index (χ1n) is 11.3. The van der Waals surface area contributed by atoms with Crippen LogP contribution in [0.15, 0.2) is 36.4 Å². The van der Waals surface area contributed by atoms with Gasteiger partial charge < -0.3 is 20.4 Å². The van der Waals surface area contributed by atoms with E-state index in [-0.39, 0.29) is 12.5 Å². The highest BCUT2D eigenvalue weighted by molar-refractivity contribution is 5.99. The molecule has 0 aliphatic heterocycles. The lowest BCUT2D eigenvalue weighted by molar-refractivity contribution is -0.130. The summed E-state index contributed by atoms with van der Waals surface area (Å²) in [7, 11) is 0. The highest BCUT2D eigenvalue weighted by atomic mass is 16.5. The maximum absolute atomic E-state index is 12.7. The summed E-state index contributed by atoms with van der Waals surface area (Å²) in [5, 5.41) is 6.39. The summed E-state index contributed by atoms with van der Waals surface area (Å²) in [5.74, 6) is -1.44. The number of nitrogens with one attached hydrogen (secondary N) is 3. The van der Waals surface area contributed by atoms with Gasteiger partial charge in [-0.25, -0.2) is 4.79 Å². The van der Waals surface area contributed by atoms with Gasteiger partial charge in [0.15, 0.2) is 6.10 Å². The van der Waals surface area contributed by atoms with Gasteiger partial charge in [0.05, 0.1) is 12.1 Å². The van der Waals surface area contributed by atoms with Gasteiger partial charge in [0.1, 0.15) is 0 Å². The zero-order valence-corrected chi connectivity index (χ0v) is 19.2. The molecule has 1 unspecified atom stereocenters. The van der Waals surface area contributed by atoms with Crippen LogP contribution in [0.25, 0.3) is 10.9 Å². The quantitative estimate of drug-likeness (QED) is 0.498. The summed E-state index contributed by atoms with van der Waals surface area (Å²) in [6.45, 7) is 5.09. The number of aromatic nitrogens is 1. The smallest absolute Gasteiger partial charge is 0.338 e. The van der Waals surface area contributed by atoms with Crippen molar-refractivity contribution >= 4 is 34.4 Å². The number of ether oxygens (including phenoxy) is 1. The van der Waals surface area contributed by atoms with Crippen LogP contribution in [0.3, 0.4) is 0 Å². The van der Waals surface area contributed by atoms with Crippen molar-refractivity contribution in [3.05, 3.63) is 64.3 Å². The van der Waals surface area contributed by atoms with Crippen LogP contribution >= 0.6 is 0 Å². The third kappa shape index (κ3) is 4.92. The lowest BCUT2D eigenvalue weighted by Gasteiger charge is -2.15. The minimum Gasteiger partial charge on any atom is -0.449 e. The maximum Gasteiger partial charge on any atom is 0.338 e. The normalized spacial score (nSPS) is 13.8. The standard InChI is InChI=1S/C26H29N3O4/c1-15-7-6-8-16(2)24(15)29-23(30)14-27-25(31)17(3)33-26(32)18-11-12-22-20(13-18)19-9-4-5-10-21(19)28-22/h6-8,11-13,17,28H,4-5,9-10,14H2,1-3H3,(H,27,31)(H,29,30). The topological polar surface area (TPSA) is 100 Å². The van der Waals surface area contributed by atoms with Crippen LogP contribution in [0, 0.1) is 13.8 Å². The highest BCUT2D eigenvalue weighted by Gasteiger charge is 2.21. The van der Waals surface area contributed by atoms with Gasteiger partial charge in [-0.2, -0.15) is 0 Å². The highest BCUT2D eigenvalue weighted by Crippen LogP contribution is 2.30. The van der Waals surface area contributed by atoms with Crippen molar-refractivity contribution < 1.29 is 19.1 Å². The summed E-state index contributed by atoms with van der Waals surface area (Å²) in [6.07, 6.45) is 3.31. The second-order valence-corrected chi connectivity index (χ2v) is 8.63. The number of rotatable bonds is 6. The molecule has 0 saturated carbocycles. The molecule has 3 N–H and O–H groups in total. The fraction of sp³-hybridized carbons (Fsp3) is 0.346. The summed E-state index contributed by atoms with van der Waals surface area (Å²) in [5.41, 5.74) is 6.55. The van der Waals surface area contributed by atoms with E-state index in [9.17, 15) is 14.4 Å². The first-order chi connectivity index (χ1) is 15.8. The Morgan fingerprint density at radius 1 is 1.06 bits per heavy atom. The SMILES string of the molecule is Cc1cccc(C)c1NC(=O)CNC(=O)C(C)OC(=O)c1ccc2[nH]c3c(c2c1)CCCC3. The first kappa shape index (κ1) is 22.6. The fourth-order valence-electron chi connectivity index (χ4n) is 4.32. The van der Waals surface area contributed by atoms with Crippen LogP contribution in [0.2, 0.25) is 0 Å². The van der Waals surface area contributed by atoms with Crippen molar-refractivity contribution in [1.29, 1.82) is 0 Å². The van der Waals surface area contributed by atoms with Crippen LogP contribution in [0.1, 0.15) is 52.5 Å². The third-order valence-electron chi connectivity index (χ3n) is 6.16. The second kappa shape index (κ2) is 9.48. The van der Waals surface area contributed by atoms with Gasteiger partial charge in [-0.05, 0) is 81.3 Å². The Kier molecular flexibility index (Phi) is 6.49. The summed E-state index contributed by atoms with van der Waals surface area (Å²) >= 11 is 0. The first-order valence-corrected chi connectivity index (χ1v) is 11.3. The molecule has 2 amide bonds. The molecule has 1 aromatic heterocycles. The number of benzene rings is 2. The van der Waals surface area contributed by atoms with Gasteiger partial charge >= 0.3 is 5.97 Å². The van der Waals surface area contributed by atoms with Gasteiger partial charge in [0.25, 0.3) is 5.91 Å². The number of esters is 1. The zero-order valence-electron chi connectivity index (χ0n) is 19.2. The molecular formula is C26H29N3O4. The monoisotopic (exact) mass is 447 g/mol. The van der Waals surface area contributed by atoms with Crippen molar-refractivity contribution in [2.45, 2.75) is 52.6 Å². The summed E-state index contributed by atoms with van der Waals surface area (Å²) in [6, 6.07) is 11.1. The summed E-state index contributed by atoms with van der Waals surface area (Å²) < 4.78 is 5.36. The lowest BCUT2D eigenvalue weighted by Crippen LogP contribution is -2.40. The van der Waals surface area contributed by atoms with Crippen LogP contribution in [-0.4, -0.2) is 35.4 Å². The predicted octanol–water partition coefficient (Wildman–Crippen LogP) is 3.96. The number of para-hydroxylation sites is 1. The second-order valence-electron chi connectivity index (χ2n) is 8.63. The molecule has 0 spiro atoms. The third-order valence-corrected chi connectivity index (χ3v) is 6.16. The van der Waals surface area contributed by atoms with Crippen molar-refractivity contribution in [3.63, 3.8) is 0 Å². The lowest BCUT2D eigenvalue weighted by atomic mass is 9.95. The van der Waals surface area contributed by atoms with E-state index in [1.807, 2.05) is 44.2 Å². The zero-order chi connectivity index (χ0) is 23.5. The molecule has 4 rings (SSSR count). The van der Waals surface area contributed by atoms with Gasteiger partial charge in [-0.1, -0.05) is 18.2 Å². The number of aryl methyl sites for hydroxylation is 4. The molecule has 172 valence electrons. The van der Waals surface area contributed by atoms with E-state index < -0.39 is 18.0 Å². The molecule has 7 heteroatoms. The molecule has 3 aromatic rings. The molecule has 0 fully saturated rings. The molecule has 1 heterocycles. The number of hydrogen-bond acceptors (Lipinski definition) is 4. The van der Waals surface area contributed by atoms with E-state index in [0.717, 1.165) is 47.0 Å². The number of hydrogen-bond donors (Lipinski definition) is 3. The molecule has 0 radical (unpaired) electrons. The van der Waals surface area contributed by atoms with Crippen LogP contribution in [0.5, 0.6) is 0 Å². The van der Waals surface area contributed by atoms with E-state index >= 15 is 0 Å². The summed E-state index contributed by atoms with van der Waals surface area (Å²) in [4.78, 5) is 40.8. The van der Waals surface area contributed by atoms with E-state index in [2.05, 4.69) is 15.6 Å². The van der Waals surface area contributed by atoms with Gasteiger partial charge in [0.2, 0.25) is 5.91 Å². The molecule has 0 saturated heterocycles. The Bertz CT molecular complexity index is 1210. The van der Waals surface area contributed by atoms with Crippen molar-refractivity contribution in [3.8, 4) is 0 Å². The van der Waals surface area contributed by atoms with Gasteiger partial charge in [-0.3, -0.25) is 9.59 Å². The Hall–Kier alpha value is -3.61. The number of anilines is 1. The number of amides is 2. The Labute approximate surface area is 192 Å². The minimum atomic E-state index is -1.03. The molecule has 1 atom stereocenters. The van der Waals surface area contributed by atoms with Gasteiger partial charge in [0, 0.05) is 22.3 Å². The molecule has 33 heavy (non-hydrogen) atoms. The molecule has 0 bridgehead atoms. The van der Waals surface area contributed by atoms with E-state index in [4.69, 9.17) is 4.74 Å². The fourth-order valence-corrected chi connectivity index (χ4v) is 4.32. The van der Waals surface area contributed by atoms with Crippen LogP contribution in [-0.2, 0) is 27.2 Å². The van der Waals surface area contributed by atoms with E-state index in [1.54, 1.807) is 6.07 Å². The minimum absolute atomic E-state index is 0.212. The molecule has 7 nitrogen and oxygen atoms in total. The number of fused-ring (bicyclic) bond motifs is 3.